The molecule has 0 aliphatic rings. The van der Waals surface area contributed by atoms with Crippen LogP contribution in [0.25, 0.3) is 0 Å². The van der Waals surface area contributed by atoms with Crippen molar-refractivity contribution in [2.24, 2.45) is 0 Å². The molecule has 0 spiro atoms. The average molecular weight is 237 g/mol. The fourth-order valence-electron chi connectivity index (χ4n) is 0.792. The zero-order valence-electron chi connectivity index (χ0n) is 7.39. The molecule has 1 aromatic heterocycles. The van der Waals surface area contributed by atoms with Crippen molar-refractivity contribution in [1.82, 2.24) is 0 Å². The van der Waals surface area contributed by atoms with Crippen LogP contribution in [0, 0.1) is 6.92 Å². The van der Waals surface area contributed by atoms with Crippen molar-refractivity contribution in [3.8, 4) is 0 Å². The van der Waals surface area contributed by atoms with Crippen LogP contribution in [0.1, 0.15) is 16.1 Å². The number of rotatable bonds is 1. The molecule has 0 saturated heterocycles. The largest absolute Gasteiger partial charge is 0.463 e. The summed E-state index contributed by atoms with van der Waals surface area (Å²) in [5, 5.41) is -0.112. The van der Waals surface area contributed by atoms with Crippen LogP contribution in [-0.4, -0.2) is 13.1 Å². The van der Waals surface area contributed by atoms with Crippen molar-refractivity contribution >= 4 is 29.2 Å². The van der Waals surface area contributed by atoms with E-state index in [-0.39, 0.29) is 21.4 Å². The summed E-state index contributed by atoms with van der Waals surface area (Å²) in [6.45, 7) is 1.45. The standard InChI is InChI=1S/C8H6Cl2O4/c1-3-4(9)5(10)6(8(12)13-2)14-7(3)11/h1-2H3. The van der Waals surface area contributed by atoms with Crippen LogP contribution in [0.2, 0.25) is 10.0 Å². The number of carbonyl (C=O) groups is 1. The van der Waals surface area contributed by atoms with E-state index in [4.69, 9.17) is 23.2 Å². The Balaban J connectivity index is 3.48. The molecule has 0 saturated carbocycles. The minimum atomic E-state index is -0.839. The van der Waals surface area contributed by atoms with Gasteiger partial charge in [0.2, 0.25) is 5.76 Å². The fraction of sp³-hybridized carbons (Fsp3) is 0.250. The first-order valence-electron chi connectivity index (χ1n) is 3.56. The SMILES string of the molecule is COC(=O)c1oc(=O)c(C)c(Cl)c1Cl. The molecular weight excluding hydrogens is 231 g/mol. The van der Waals surface area contributed by atoms with E-state index in [1.807, 2.05) is 0 Å². The molecule has 0 fully saturated rings. The highest BCUT2D eigenvalue weighted by molar-refractivity contribution is 6.43. The second-order valence-corrected chi connectivity index (χ2v) is 3.22. The Hall–Kier alpha value is -1.00. The highest BCUT2D eigenvalue weighted by Crippen LogP contribution is 2.27. The lowest BCUT2D eigenvalue weighted by molar-refractivity contribution is 0.0559. The predicted molar refractivity (Wildman–Crippen MR) is 51.1 cm³/mol. The van der Waals surface area contributed by atoms with Crippen molar-refractivity contribution in [3.63, 3.8) is 0 Å². The molecule has 14 heavy (non-hydrogen) atoms. The van der Waals surface area contributed by atoms with Gasteiger partial charge in [0.05, 0.1) is 17.7 Å². The molecule has 0 aliphatic heterocycles. The molecule has 4 nitrogen and oxygen atoms in total. The van der Waals surface area contributed by atoms with Gasteiger partial charge >= 0.3 is 11.6 Å². The number of ether oxygens (including phenoxy) is 1. The van der Waals surface area contributed by atoms with Gasteiger partial charge in [-0.3, -0.25) is 0 Å². The van der Waals surface area contributed by atoms with Crippen molar-refractivity contribution < 1.29 is 13.9 Å². The van der Waals surface area contributed by atoms with Gasteiger partial charge in [0.25, 0.3) is 0 Å². The van der Waals surface area contributed by atoms with Gasteiger partial charge < -0.3 is 9.15 Å². The Morgan fingerprint density at radius 1 is 1.36 bits per heavy atom. The van der Waals surface area contributed by atoms with Crippen LogP contribution in [0.3, 0.4) is 0 Å². The topological polar surface area (TPSA) is 56.5 Å². The number of esters is 1. The van der Waals surface area contributed by atoms with E-state index in [0.29, 0.717) is 0 Å². The smallest absolute Gasteiger partial charge is 0.375 e. The van der Waals surface area contributed by atoms with Gasteiger partial charge in [0.15, 0.2) is 0 Å². The highest BCUT2D eigenvalue weighted by atomic mass is 35.5. The Kier molecular flexibility index (Phi) is 3.18. The maximum Gasteiger partial charge on any atom is 0.375 e. The molecular formula is C8H6Cl2O4. The molecule has 0 aromatic carbocycles. The monoisotopic (exact) mass is 236 g/mol. The number of carbonyl (C=O) groups excluding carboxylic acids is 1. The van der Waals surface area contributed by atoms with E-state index in [2.05, 4.69) is 9.15 Å². The zero-order chi connectivity index (χ0) is 10.9. The summed E-state index contributed by atoms with van der Waals surface area (Å²) in [4.78, 5) is 22.2. The first-order chi connectivity index (χ1) is 6.49. The van der Waals surface area contributed by atoms with E-state index in [9.17, 15) is 9.59 Å². The third-order valence-corrected chi connectivity index (χ3v) is 2.52. The van der Waals surface area contributed by atoms with Crippen molar-refractivity contribution in [1.29, 1.82) is 0 Å². The Labute approximate surface area is 89.4 Å². The highest BCUT2D eigenvalue weighted by Gasteiger charge is 2.20. The Bertz CT molecular complexity index is 436. The lowest BCUT2D eigenvalue weighted by Gasteiger charge is -2.03. The van der Waals surface area contributed by atoms with Crippen LogP contribution in [0.5, 0.6) is 0 Å². The first kappa shape index (κ1) is 11.1. The van der Waals surface area contributed by atoms with Gasteiger partial charge in [0, 0.05) is 0 Å². The van der Waals surface area contributed by atoms with Crippen LogP contribution in [-0.2, 0) is 4.74 Å². The van der Waals surface area contributed by atoms with E-state index >= 15 is 0 Å². The molecule has 0 amide bonds. The molecule has 0 radical (unpaired) electrons. The van der Waals surface area contributed by atoms with E-state index in [1.54, 1.807) is 0 Å². The molecule has 0 unspecified atom stereocenters. The minimum absolute atomic E-state index is 0.00307. The van der Waals surface area contributed by atoms with Crippen LogP contribution < -0.4 is 5.63 Å². The van der Waals surface area contributed by atoms with Gasteiger partial charge in [0.1, 0.15) is 5.02 Å². The van der Waals surface area contributed by atoms with Gasteiger partial charge in [-0.1, -0.05) is 23.2 Å². The lowest BCUT2D eigenvalue weighted by Crippen LogP contribution is -2.11. The molecule has 6 heteroatoms. The average Bonchev–Trinajstić information content (AvgIpc) is 2.19. The van der Waals surface area contributed by atoms with Gasteiger partial charge in [-0.15, -0.1) is 0 Å². The Morgan fingerprint density at radius 3 is 2.43 bits per heavy atom. The second kappa shape index (κ2) is 4.02. The number of hydrogen-bond donors (Lipinski definition) is 0. The molecule has 1 aromatic rings. The van der Waals surface area contributed by atoms with Crippen molar-refractivity contribution in [3.05, 3.63) is 31.8 Å². The van der Waals surface area contributed by atoms with E-state index < -0.39 is 11.6 Å². The molecule has 0 atom stereocenters. The predicted octanol–water partition coefficient (Wildman–Crippen LogP) is 2.04. The zero-order valence-corrected chi connectivity index (χ0v) is 8.90. The molecule has 1 rings (SSSR count). The summed E-state index contributed by atoms with van der Waals surface area (Å²) in [6, 6.07) is 0. The van der Waals surface area contributed by atoms with E-state index in [1.165, 1.54) is 6.92 Å². The fourth-order valence-corrected chi connectivity index (χ4v) is 1.21. The summed E-state index contributed by atoms with van der Waals surface area (Å²) in [6.07, 6.45) is 0. The number of hydrogen-bond acceptors (Lipinski definition) is 4. The maximum atomic E-state index is 11.1. The van der Waals surface area contributed by atoms with Gasteiger partial charge in [-0.25, -0.2) is 9.59 Å². The third kappa shape index (κ3) is 1.76. The normalized spacial score (nSPS) is 10.0. The van der Waals surface area contributed by atoms with Gasteiger partial charge in [-0.05, 0) is 6.92 Å². The molecule has 76 valence electrons. The third-order valence-electron chi connectivity index (χ3n) is 1.59. The van der Waals surface area contributed by atoms with Gasteiger partial charge in [-0.2, -0.15) is 0 Å². The lowest BCUT2D eigenvalue weighted by atomic mass is 10.3. The summed E-state index contributed by atoms with van der Waals surface area (Å²) in [7, 11) is 1.15. The molecule has 0 aliphatic carbocycles. The second-order valence-electron chi connectivity index (χ2n) is 2.46. The summed E-state index contributed by atoms with van der Waals surface area (Å²) in [5.41, 5.74) is -0.552. The quantitative estimate of drug-likeness (QED) is 0.701. The minimum Gasteiger partial charge on any atom is -0.463 e. The number of halogens is 2. The summed E-state index contributed by atoms with van der Waals surface area (Å²) < 4.78 is 8.98. The molecule has 0 bridgehead atoms. The van der Waals surface area contributed by atoms with Crippen LogP contribution in [0.15, 0.2) is 9.21 Å². The first-order valence-corrected chi connectivity index (χ1v) is 4.31. The summed E-state index contributed by atoms with van der Waals surface area (Å²) in [5.74, 6) is -1.22. The van der Waals surface area contributed by atoms with Crippen LogP contribution in [0.4, 0.5) is 0 Å². The summed E-state index contributed by atoms with van der Waals surface area (Å²) >= 11 is 11.4. The van der Waals surface area contributed by atoms with Crippen LogP contribution >= 0.6 is 23.2 Å². The Morgan fingerprint density at radius 2 is 1.93 bits per heavy atom. The molecule has 0 N–H and O–H groups in total. The maximum absolute atomic E-state index is 11.1. The molecule has 1 heterocycles. The van der Waals surface area contributed by atoms with E-state index in [0.717, 1.165) is 7.11 Å². The van der Waals surface area contributed by atoms with Crippen molar-refractivity contribution in [2.75, 3.05) is 7.11 Å². The van der Waals surface area contributed by atoms with Crippen molar-refractivity contribution in [2.45, 2.75) is 6.92 Å². The number of methoxy groups -OCH3 is 1.